The van der Waals surface area contributed by atoms with E-state index >= 15 is 0 Å². The molecular weight excluding hydrogens is 321 g/mol. The maximum Gasteiger partial charge on any atom is 0.416 e. The Morgan fingerprint density at radius 3 is 2.33 bits per heavy atom. The fourth-order valence-corrected chi connectivity index (χ4v) is 2.36. The number of nitrogens with zero attached hydrogens (tertiary/aromatic N) is 1. The second-order valence-corrected chi connectivity index (χ2v) is 7.03. The monoisotopic (exact) mass is 344 g/mol. The van der Waals surface area contributed by atoms with Gasteiger partial charge in [0.05, 0.1) is 11.0 Å². The molecule has 1 aliphatic rings. The number of hydrogen-bond acceptors (Lipinski definition) is 4. The Morgan fingerprint density at radius 1 is 1.17 bits per heavy atom. The molecule has 134 valence electrons. The standard InChI is InChI=1S/C17H23F3N2O2/c1-16(2,3)15(23)24-14-9-12(8-13(10-14)17(18,19)20)11-22-6-4-21-5-7-22/h8-10,21H,4-7,11H2,1-3H3. The van der Waals surface area contributed by atoms with Crippen molar-refractivity contribution in [1.82, 2.24) is 10.2 Å². The first kappa shape index (κ1) is 18.7. The van der Waals surface area contributed by atoms with Gasteiger partial charge in [0.2, 0.25) is 0 Å². The van der Waals surface area contributed by atoms with Gasteiger partial charge in [-0.05, 0) is 44.5 Å². The average molecular weight is 344 g/mol. The number of nitrogens with one attached hydrogen (secondary N) is 1. The van der Waals surface area contributed by atoms with E-state index in [-0.39, 0.29) is 5.75 Å². The Kier molecular flexibility index (Phi) is 5.55. The Balaban J connectivity index is 2.25. The third-order valence-corrected chi connectivity index (χ3v) is 3.73. The Bertz CT molecular complexity index is 588. The third-order valence-electron chi connectivity index (χ3n) is 3.73. The van der Waals surface area contributed by atoms with Crippen LogP contribution in [0.1, 0.15) is 31.9 Å². The zero-order valence-corrected chi connectivity index (χ0v) is 14.2. The summed E-state index contributed by atoms with van der Waals surface area (Å²) >= 11 is 0. The van der Waals surface area contributed by atoms with Gasteiger partial charge in [0.15, 0.2) is 0 Å². The molecule has 0 saturated carbocycles. The van der Waals surface area contributed by atoms with Crippen LogP contribution in [0.5, 0.6) is 5.75 Å². The highest BCUT2D eigenvalue weighted by molar-refractivity contribution is 5.77. The minimum absolute atomic E-state index is 0.0603. The summed E-state index contributed by atoms with van der Waals surface area (Å²) in [6.45, 7) is 8.53. The fourth-order valence-electron chi connectivity index (χ4n) is 2.36. The molecule has 0 amide bonds. The van der Waals surface area contributed by atoms with E-state index in [4.69, 9.17) is 4.74 Å². The molecule has 1 fully saturated rings. The van der Waals surface area contributed by atoms with E-state index < -0.39 is 23.1 Å². The number of carbonyl (C=O) groups excluding carboxylic acids is 1. The Morgan fingerprint density at radius 2 is 1.79 bits per heavy atom. The molecule has 0 radical (unpaired) electrons. The zero-order valence-electron chi connectivity index (χ0n) is 14.2. The lowest BCUT2D eigenvalue weighted by atomic mass is 9.97. The minimum Gasteiger partial charge on any atom is -0.426 e. The summed E-state index contributed by atoms with van der Waals surface area (Å²) < 4.78 is 44.6. The number of ether oxygens (including phenoxy) is 1. The van der Waals surface area contributed by atoms with Crippen LogP contribution in [0.15, 0.2) is 18.2 Å². The molecule has 0 aromatic heterocycles. The molecule has 1 saturated heterocycles. The number of halogens is 3. The summed E-state index contributed by atoms with van der Waals surface area (Å²) in [6.07, 6.45) is -4.48. The average Bonchev–Trinajstić information content (AvgIpc) is 2.46. The number of alkyl halides is 3. The van der Waals surface area contributed by atoms with Gasteiger partial charge in [-0.2, -0.15) is 13.2 Å². The van der Waals surface area contributed by atoms with Crippen molar-refractivity contribution in [2.45, 2.75) is 33.5 Å². The van der Waals surface area contributed by atoms with Gasteiger partial charge in [0.25, 0.3) is 0 Å². The predicted octanol–water partition coefficient (Wildman–Crippen LogP) is 3.06. The number of esters is 1. The van der Waals surface area contributed by atoms with Crippen molar-refractivity contribution in [2.24, 2.45) is 5.41 Å². The van der Waals surface area contributed by atoms with Gasteiger partial charge in [0, 0.05) is 32.7 Å². The van der Waals surface area contributed by atoms with E-state index in [9.17, 15) is 18.0 Å². The van der Waals surface area contributed by atoms with Crippen LogP contribution < -0.4 is 10.1 Å². The van der Waals surface area contributed by atoms with Crippen LogP contribution in [0.25, 0.3) is 0 Å². The van der Waals surface area contributed by atoms with Crippen LogP contribution in [-0.4, -0.2) is 37.0 Å². The van der Waals surface area contributed by atoms with Crippen molar-refractivity contribution in [3.05, 3.63) is 29.3 Å². The van der Waals surface area contributed by atoms with E-state index in [2.05, 4.69) is 10.2 Å². The van der Waals surface area contributed by atoms with Crippen molar-refractivity contribution in [2.75, 3.05) is 26.2 Å². The summed E-state index contributed by atoms with van der Waals surface area (Å²) in [6, 6.07) is 3.52. The van der Waals surface area contributed by atoms with Crippen molar-refractivity contribution >= 4 is 5.97 Å². The zero-order chi connectivity index (χ0) is 18.0. The first-order valence-electron chi connectivity index (χ1n) is 7.92. The van der Waals surface area contributed by atoms with E-state index in [0.717, 1.165) is 38.3 Å². The molecule has 1 aromatic carbocycles. The van der Waals surface area contributed by atoms with Gasteiger partial charge in [-0.1, -0.05) is 0 Å². The Hall–Kier alpha value is -1.60. The van der Waals surface area contributed by atoms with E-state index in [1.165, 1.54) is 6.07 Å². The summed E-state index contributed by atoms with van der Waals surface area (Å²) in [5.41, 5.74) is -1.09. The molecule has 7 heteroatoms. The van der Waals surface area contributed by atoms with Gasteiger partial charge in [-0.15, -0.1) is 0 Å². The minimum atomic E-state index is -4.48. The summed E-state index contributed by atoms with van der Waals surface area (Å²) in [7, 11) is 0. The molecule has 2 rings (SSSR count). The van der Waals surface area contributed by atoms with Gasteiger partial charge in [0.1, 0.15) is 5.75 Å². The molecule has 1 aromatic rings. The van der Waals surface area contributed by atoms with E-state index in [0.29, 0.717) is 12.1 Å². The van der Waals surface area contributed by atoms with Gasteiger partial charge in [-0.25, -0.2) is 0 Å². The first-order valence-corrected chi connectivity index (χ1v) is 7.92. The second-order valence-electron chi connectivity index (χ2n) is 7.03. The van der Waals surface area contributed by atoms with Crippen molar-refractivity contribution in [3.8, 4) is 5.75 Å². The summed E-state index contributed by atoms with van der Waals surface area (Å²) in [5.74, 6) is -0.621. The highest BCUT2D eigenvalue weighted by Gasteiger charge is 2.32. The maximum absolute atomic E-state index is 13.1. The van der Waals surface area contributed by atoms with Gasteiger partial charge < -0.3 is 10.1 Å². The molecule has 0 spiro atoms. The van der Waals surface area contributed by atoms with Crippen molar-refractivity contribution in [3.63, 3.8) is 0 Å². The third kappa shape index (κ3) is 5.21. The molecule has 0 atom stereocenters. The summed E-state index contributed by atoms with van der Waals surface area (Å²) in [5, 5.41) is 3.20. The number of benzene rings is 1. The molecule has 0 aliphatic carbocycles. The van der Waals surface area contributed by atoms with E-state index in [1.54, 1.807) is 20.8 Å². The van der Waals surface area contributed by atoms with E-state index in [1.807, 2.05) is 0 Å². The van der Waals surface area contributed by atoms with Crippen LogP contribution in [0.3, 0.4) is 0 Å². The first-order chi connectivity index (χ1) is 11.1. The highest BCUT2D eigenvalue weighted by atomic mass is 19.4. The predicted molar refractivity (Wildman–Crippen MR) is 84.7 cm³/mol. The lowest BCUT2D eigenvalue weighted by Gasteiger charge is -2.27. The van der Waals surface area contributed by atoms with Crippen molar-refractivity contribution < 1.29 is 22.7 Å². The molecule has 0 bridgehead atoms. The molecular formula is C17H23F3N2O2. The molecule has 24 heavy (non-hydrogen) atoms. The lowest BCUT2D eigenvalue weighted by Crippen LogP contribution is -2.42. The Labute approximate surface area is 140 Å². The summed E-state index contributed by atoms with van der Waals surface area (Å²) in [4.78, 5) is 14.0. The smallest absolute Gasteiger partial charge is 0.416 e. The fraction of sp³-hybridized carbons (Fsp3) is 0.588. The quantitative estimate of drug-likeness (QED) is 0.676. The normalized spacial score (nSPS) is 16.9. The van der Waals surface area contributed by atoms with Crippen LogP contribution in [0, 0.1) is 5.41 Å². The molecule has 1 aliphatic heterocycles. The SMILES string of the molecule is CC(C)(C)C(=O)Oc1cc(CN2CCNCC2)cc(C(F)(F)F)c1. The molecule has 0 unspecified atom stereocenters. The largest absolute Gasteiger partial charge is 0.426 e. The number of piperazine rings is 1. The van der Waals surface area contributed by atoms with Crippen LogP contribution >= 0.6 is 0 Å². The lowest BCUT2D eigenvalue weighted by molar-refractivity contribution is -0.144. The number of rotatable bonds is 3. The molecule has 1 N–H and O–H groups in total. The van der Waals surface area contributed by atoms with Crippen molar-refractivity contribution in [1.29, 1.82) is 0 Å². The van der Waals surface area contributed by atoms with Gasteiger partial charge in [-0.3, -0.25) is 9.69 Å². The second kappa shape index (κ2) is 7.11. The molecule has 4 nitrogen and oxygen atoms in total. The van der Waals surface area contributed by atoms with Gasteiger partial charge >= 0.3 is 12.1 Å². The maximum atomic E-state index is 13.1. The molecule has 1 heterocycles. The topological polar surface area (TPSA) is 41.6 Å². The van der Waals surface area contributed by atoms with Crippen LogP contribution in [-0.2, 0) is 17.5 Å². The van der Waals surface area contributed by atoms with Crippen LogP contribution in [0.4, 0.5) is 13.2 Å². The number of carbonyl (C=O) groups is 1. The highest BCUT2D eigenvalue weighted by Crippen LogP contribution is 2.33. The van der Waals surface area contributed by atoms with Crippen LogP contribution in [0.2, 0.25) is 0 Å². The number of hydrogen-bond donors (Lipinski definition) is 1.